The van der Waals surface area contributed by atoms with E-state index < -0.39 is 0 Å². The van der Waals surface area contributed by atoms with Crippen molar-refractivity contribution in [1.29, 1.82) is 0 Å². The Hall–Kier alpha value is -1.55. The molecular weight excluding hydrogens is 240 g/mol. The van der Waals surface area contributed by atoms with Crippen LogP contribution in [0, 0.1) is 0 Å². The van der Waals surface area contributed by atoms with Gasteiger partial charge in [-0.1, -0.05) is 0 Å². The molecule has 1 fully saturated rings. The van der Waals surface area contributed by atoms with Gasteiger partial charge in [0, 0.05) is 24.1 Å². The highest BCUT2D eigenvalue weighted by Gasteiger charge is 2.21. The molecule has 102 valence electrons. The maximum atomic E-state index is 12.2. The molecule has 0 radical (unpaired) electrons. The van der Waals surface area contributed by atoms with Gasteiger partial charge in [-0.2, -0.15) is 0 Å². The van der Waals surface area contributed by atoms with Crippen LogP contribution in [-0.4, -0.2) is 24.6 Å². The molecule has 3 N–H and O–H groups in total. The summed E-state index contributed by atoms with van der Waals surface area (Å²) in [5.41, 5.74) is 7.75. The smallest absolute Gasteiger partial charge is 0.251 e. The number of hydrogen-bond acceptors (Lipinski definition) is 3. The summed E-state index contributed by atoms with van der Waals surface area (Å²) < 4.78 is 5.45. The molecule has 0 atom stereocenters. The Morgan fingerprint density at radius 2 is 2.05 bits per heavy atom. The van der Waals surface area contributed by atoms with Crippen LogP contribution in [0.1, 0.15) is 41.6 Å². The Morgan fingerprint density at radius 3 is 2.84 bits per heavy atom. The summed E-state index contributed by atoms with van der Waals surface area (Å²) in [6.07, 6.45) is 4.88. The van der Waals surface area contributed by atoms with Crippen LogP contribution >= 0.6 is 0 Å². The highest BCUT2D eigenvalue weighted by Crippen LogP contribution is 2.26. The van der Waals surface area contributed by atoms with E-state index in [9.17, 15) is 4.79 Å². The quantitative estimate of drug-likeness (QED) is 0.849. The van der Waals surface area contributed by atoms with Crippen LogP contribution in [-0.2, 0) is 6.42 Å². The molecule has 2 aliphatic rings. The van der Waals surface area contributed by atoms with Crippen molar-refractivity contribution in [1.82, 2.24) is 5.32 Å². The van der Waals surface area contributed by atoms with Gasteiger partial charge in [-0.25, -0.2) is 0 Å². The molecule has 4 nitrogen and oxygen atoms in total. The zero-order valence-electron chi connectivity index (χ0n) is 11.0. The summed E-state index contributed by atoms with van der Waals surface area (Å²) in [7, 11) is 0. The van der Waals surface area contributed by atoms with E-state index in [1.54, 1.807) is 0 Å². The number of amides is 1. The molecule has 4 heteroatoms. The number of nitrogens with two attached hydrogens (primary N) is 1. The number of fused-ring (bicyclic) bond motifs is 1. The largest absolute Gasteiger partial charge is 0.493 e. The van der Waals surface area contributed by atoms with Gasteiger partial charge in [0.05, 0.1) is 6.61 Å². The first-order chi connectivity index (χ1) is 9.22. The first-order valence-corrected chi connectivity index (χ1v) is 7.04. The SMILES string of the molecule is NC1CCC(NC(=O)c2ccc3c(c2)CCO3)CC1. The Morgan fingerprint density at radius 1 is 1.26 bits per heavy atom. The fourth-order valence-electron chi connectivity index (χ4n) is 2.86. The van der Waals surface area contributed by atoms with Crippen LogP contribution in [0.15, 0.2) is 18.2 Å². The average molecular weight is 260 g/mol. The third-order valence-electron chi connectivity index (χ3n) is 4.06. The third-order valence-corrected chi connectivity index (χ3v) is 4.06. The summed E-state index contributed by atoms with van der Waals surface area (Å²) in [6, 6.07) is 6.27. The van der Waals surface area contributed by atoms with Crippen LogP contribution in [0.5, 0.6) is 5.75 Å². The second-order valence-corrected chi connectivity index (χ2v) is 5.51. The molecule has 1 aliphatic carbocycles. The van der Waals surface area contributed by atoms with E-state index in [-0.39, 0.29) is 11.9 Å². The number of rotatable bonds is 2. The van der Waals surface area contributed by atoms with Gasteiger partial charge in [0.15, 0.2) is 0 Å². The van der Waals surface area contributed by atoms with Crippen molar-refractivity contribution in [2.75, 3.05) is 6.61 Å². The average Bonchev–Trinajstić information content (AvgIpc) is 2.88. The van der Waals surface area contributed by atoms with Gasteiger partial charge in [-0.05, 0) is 49.4 Å². The Bertz CT molecular complexity index is 479. The normalized spacial score (nSPS) is 25.5. The van der Waals surface area contributed by atoms with Crippen molar-refractivity contribution in [3.8, 4) is 5.75 Å². The molecule has 0 spiro atoms. The summed E-state index contributed by atoms with van der Waals surface area (Å²) >= 11 is 0. The van der Waals surface area contributed by atoms with Crippen molar-refractivity contribution >= 4 is 5.91 Å². The number of ether oxygens (including phenoxy) is 1. The molecular formula is C15H20N2O2. The van der Waals surface area contributed by atoms with Crippen LogP contribution in [0.2, 0.25) is 0 Å². The number of nitrogens with one attached hydrogen (secondary N) is 1. The minimum absolute atomic E-state index is 0.0233. The zero-order valence-corrected chi connectivity index (χ0v) is 11.0. The first kappa shape index (κ1) is 12.5. The van der Waals surface area contributed by atoms with Crippen molar-refractivity contribution < 1.29 is 9.53 Å². The van der Waals surface area contributed by atoms with Crippen molar-refractivity contribution in [3.05, 3.63) is 29.3 Å². The minimum atomic E-state index is 0.0233. The van der Waals surface area contributed by atoms with E-state index in [2.05, 4.69) is 5.32 Å². The molecule has 0 aromatic heterocycles. The maximum Gasteiger partial charge on any atom is 0.251 e. The van der Waals surface area contributed by atoms with Crippen molar-refractivity contribution in [3.63, 3.8) is 0 Å². The lowest BCUT2D eigenvalue weighted by molar-refractivity contribution is 0.0926. The summed E-state index contributed by atoms with van der Waals surface area (Å²) in [4.78, 5) is 12.2. The molecule has 0 saturated heterocycles. The zero-order chi connectivity index (χ0) is 13.2. The Labute approximate surface area is 113 Å². The topological polar surface area (TPSA) is 64.3 Å². The fourth-order valence-corrected chi connectivity index (χ4v) is 2.86. The highest BCUT2D eigenvalue weighted by atomic mass is 16.5. The molecule has 0 bridgehead atoms. The van der Waals surface area contributed by atoms with E-state index in [1.165, 1.54) is 0 Å². The number of hydrogen-bond donors (Lipinski definition) is 2. The van der Waals surface area contributed by atoms with Crippen LogP contribution in [0.25, 0.3) is 0 Å². The first-order valence-electron chi connectivity index (χ1n) is 7.04. The molecule has 1 heterocycles. The summed E-state index contributed by atoms with van der Waals surface area (Å²) in [6.45, 7) is 0.723. The highest BCUT2D eigenvalue weighted by molar-refractivity contribution is 5.94. The second-order valence-electron chi connectivity index (χ2n) is 5.51. The van der Waals surface area contributed by atoms with Gasteiger partial charge in [0.1, 0.15) is 5.75 Å². The van der Waals surface area contributed by atoms with Gasteiger partial charge in [0.2, 0.25) is 0 Å². The van der Waals surface area contributed by atoms with Crippen LogP contribution < -0.4 is 15.8 Å². The number of carbonyl (C=O) groups excluding carboxylic acids is 1. The molecule has 0 unspecified atom stereocenters. The molecule has 1 saturated carbocycles. The maximum absolute atomic E-state index is 12.2. The second kappa shape index (κ2) is 5.21. The predicted molar refractivity (Wildman–Crippen MR) is 73.3 cm³/mol. The predicted octanol–water partition coefficient (Wildman–Crippen LogP) is 1.62. The van der Waals surface area contributed by atoms with Gasteiger partial charge >= 0.3 is 0 Å². The van der Waals surface area contributed by atoms with Gasteiger partial charge in [0.25, 0.3) is 5.91 Å². The van der Waals surface area contributed by atoms with Gasteiger partial charge < -0.3 is 15.8 Å². The summed E-state index contributed by atoms with van der Waals surface area (Å²) in [5, 5.41) is 3.11. The van der Waals surface area contributed by atoms with Crippen molar-refractivity contribution in [2.24, 2.45) is 5.73 Å². The monoisotopic (exact) mass is 260 g/mol. The lowest BCUT2D eigenvalue weighted by Gasteiger charge is -2.26. The van der Waals surface area contributed by atoms with Crippen LogP contribution in [0.3, 0.4) is 0 Å². The number of benzene rings is 1. The Balaban J connectivity index is 1.64. The van der Waals surface area contributed by atoms with Gasteiger partial charge in [-0.3, -0.25) is 4.79 Å². The molecule has 1 aromatic rings. The van der Waals surface area contributed by atoms with E-state index in [4.69, 9.17) is 10.5 Å². The molecule has 3 rings (SSSR count). The molecule has 1 amide bonds. The molecule has 1 aromatic carbocycles. The van der Waals surface area contributed by atoms with E-state index in [0.29, 0.717) is 6.04 Å². The molecule has 1 aliphatic heterocycles. The lowest BCUT2D eigenvalue weighted by Crippen LogP contribution is -2.40. The number of carbonyl (C=O) groups is 1. The van der Waals surface area contributed by atoms with E-state index in [1.807, 2.05) is 18.2 Å². The van der Waals surface area contributed by atoms with E-state index in [0.717, 1.165) is 55.6 Å². The minimum Gasteiger partial charge on any atom is -0.493 e. The Kier molecular flexibility index (Phi) is 3.42. The molecule has 19 heavy (non-hydrogen) atoms. The summed E-state index contributed by atoms with van der Waals surface area (Å²) in [5.74, 6) is 0.940. The lowest BCUT2D eigenvalue weighted by atomic mass is 9.91. The standard InChI is InChI=1S/C15H20N2O2/c16-12-2-4-13(5-3-12)17-15(18)11-1-6-14-10(9-11)7-8-19-14/h1,6,9,12-13H,2-5,7-8,16H2,(H,17,18). The van der Waals surface area contributed by atoms with E-state index >= 15 is 0 Å². The fraction of sp³-hybridized carbons (Fsp3) is 0.533. The van der Waals surface area contributed by atoms with Gasteiger partial charge in [-0.15, -0.1) is 0 Å². The van der Waals surface area contributed by atoms with Crippen molar-refractivity contribution in [2.45, 2.75) is 44.2 Å². The third kappa shape index (κ3) is 2.73. The van der Waals surface area contributed by atoms with Crippen LogP contribution in [0.4, 0.5) is 0 Å².